The summed E-state index contributed by atoms with van der Waals surface area (Å²) in [6.45, 7) is 12.0. The van der Waals surface area contributed by atoms with Crippen LogP contribution in [0.1, 0.15) is 47.1 Å². The van der Waals surface area contributed by atoms with Gasteiger partial charge >= 0.3 is 0 Å². The molecule has 0 amide bonds. The summed E-state index contributed by atoms with van der Waals surface area (Å²) in [5, 5.41) is 12.3. The fraction of sp³-hybridized carbons (Fsp3) is 0.588. The third-order valence-electron chi connectivity index (χ3n) is 3.19. The molecule has 1 atom stereocenters. The van der Waals surface area contributed by atoms with Gasteiger partial charge in [-0.05, 0) is 44.9 Å². The van der Waals surface area contributed by atoms with Crippen LogP contribution >= 0.6 is 0 Å². The van der Waals surface area contributed by atoms with Gasteiger partial charge in [0.05, 0.1) is 11.7 Å². The SMILES string of the molecule is CC(C)(C)NC(Cc1ccc(NO)cc1)C(=O)C(C)(C)C.[U]. The number of hydrogen-bond acceptors (Lipinski definition) is 4. The van der Waals surface area contributed by atoms with Crippen molar-refractivity contribution < 1.29 is 41.1 Å². The van der Waals surface area contributed by atoms with Gasteiger partial charge in [-0.15, -0.1) is 0 Å². The van der Waals surface area contributed by atoms with Gasteiger partial charge < -0.3 is 5.32 Å². The van der Waals surface area contributed by atoms with Gasteiger partial charge in [-0.2, -0.15) is 0 Å². The van der Waals surface area contributed by atoms with E-state index in [9.17, 15) is 4.79 Å². The van der Waals surface area contributed by atoms with Crippen molar-refractivity contribution in [3.8, 4) is 0 Å². The van der Waals surface area contributed by atoms with Gasteiger partial charge in [0.2, 0.25) is 0 Å². The van der Waals surface area contributed by atoms with E-state index < -0.39 is 0 Å². The molecule has 0 saturated heterocycles. The molecule has 4 nitrogen and oxygen atoms in total. The van der Waals surface area contributed by atoms with Crippen LogP contribution in [0.15, 0.2) is 24.3 Å². The Balaban J connectivity index is 0.00000441. The molecule has 3 N–H and O–H groups in total. The van der Waals surface area contributed by atoms with E-state index in [0.717, 1.165) is 5.56 Å². The van der Waals surface area contributed by atoms with Crippen molar-refractivity contribution in [1.29, 1.82) is 0 Å². The smallest absolute Gasteiger partial charge is 0.155 e. The predicted octanol–water partition coefficient (Wildman–Crippen LogP) is 3.40. The van der Waals surface area contributed by atoms with Gasteiger partial charge in [-0.1, -0.05) is 32.9 Å². The summed E-state index contributed by atoms with van der Waals surface area (Å²) in [5.74, 6) is 0.210. The van der Waals surface area contributed by atoms with Gasteiger partial charge in [0.1, 0.15) is 0 Å². The summed E-state index contributed by atoms with van der Waals surface area (Å²) in [6, 6.07) is 7.21. The molecule has 0 aliphatic heterocycles. The molecular weight excluding hydrogens is 502 g/mol. The molecule has 0 saturated carbocycles. The van der Waals surface area contributed by atoms with Crippen molar-refractivity contribution in [3.63, 3.8) is 0 Å². The Morgan fingerprint density at radius 2 is 1.59 bits per heavy atom. The molecule has 1 unspecified atom stereocenters. The van der Waals surface area contributed by atoms with Crippen molar-refractivity contribution in [2.75, 3.05) is 5.48 Å². The van der Waals surface area contributed by atoms with Gasteiger partial charge in [-0.3, -0.25) is 15.5 Å². The van der Waals surface area contributed by atoms with E-state index in [1.165, 1.54) is 0 Å². The normalized spacial score (nSPS) is 13.2. The molecule has 0 fully saturated rings. The monoisotopic (exact) mass is 530 g/mol. The minimum absolute atomic E-state index is 0. The van der Waals surface area contributed by atoms with Crippen molar-refractivity contribution in [2.24, 2.45) is 5.41 Å². The molecule has 1 aromatic carbocycles. The summed E-state index contributed by atoms with van der Waals surface area (Å²) >= 11 is 0. The largest absolute Gasteiger partial charge is 0.302 e. The molecule has 0 spiro atoms. The van der Waals surface area contributed by atoms with E-state index >= 15 is 0 Å². The van der Waals surface area contributed by atoms with E-state index in [2.05, 4.69) is 31.6 Å². The van der Waals surface area contributed by atoms with Crippen molar-refractivity contribution in [3.05, 3.63) is 29.8 Å². The molecule has 0 bridgehead atoms. The Morgan fingerprint density at radius 3 is 1.95 bits per heavy atom. The van der Waals surface area contributed by atoms with E-state index in [0.29, 0.717) is 12.1 Å². The van der Waals surface area contributed by atoms with Gasteiger partial charge in [0.15, 0.2) is 5.78 Å². The molecular formula is C17H28N2O2U. The van der Waals surface area contributed by atoms with Crippen LogP contribution < -0.4 is 10.8 Å². The first kappa shape index (κ1) is 21.7. The summed E-state index contributed by atoms with van der Waals surface area (Å²) in [4.78, 5) is 12.7. The first-order valence-corrected chi connectivity index (χ1v) is 7.34. The number of rotatable bonds is 5. The number of hydrogen-bond donors (Lipinski definition) is 3. The molecule has 0 aliphatic rings. The first-order chi connectivity index (χ1) is 9.53. The second-order valence-corrected chi connectivity index (χ2v) is 7.57. The number of benzene rings is 1. The standard InChI is InChI=1S/C17H28N2O2.U/c1-16(2,3)15(20)14(18-17(4,5)6)11-12-7-9-13(19-21)10-8-12;/h7-10,14,18-19,21H,11H2,1-6H3;. The zero-order valence-electron chi connectivity index (χ0n) is 14.4. The maximum Gasteiger partial charge on any atom is 0.155 e. The second kappa shape index (κ2) is 8.50. The number of anilines is 1. The zero-order valence-corrected chi connectivity index (χ0v) is 18.6. The average Bonchev–Trinajstić information content (AvgIpc) is 2.35. The Morgan fingerprint density at radius 1 is 1.09 bits per heavy atom. The van der Waals surface area contributed by atoms with Crippen LogP contribution in [-0.2, 0) is 11.2 Å². The summed E-state index contributed by atoms with van der Waals surface area (Å²) in [6.07, 6.45) is 0.638. The number of Topliss-reactive ketones (excluding diaryl/α,β-unsaturated/α-hetero) is 1. The maximum absolute atomic E-state index is 12.7. The Kier molecular flexibility index (Phi) is 8.37. The van der Waals surface area contributed by atoms with Gasteiger partial charge in [-0.25, -0.2) is 0 Å². The topological polar surface area (TPSA) is 61.4 Å². The first-order valence-electron chi connectivity index (χ1n) is 7.34. The van der Waals surface area contributed by atoms with Gasteiger partial charge in [0, 0.05) is 42.1 Å². The third kappa shape index (κ3) is 7.28. The fourth-order valence-electron chi connectivity index (χ4n) is 2.21. The Hall–Kier alpha value is -0.338. The average molecular weight is 530 g/mol. The van der Waals surface area contributed by atoms with Crippen LogP contribution in [0.4, 0.5) is 5.69 Å². The van der Waals surface area contributed by atoms with Crippen LogP contribution in [-0.4, -0.2) is 22.6 Å². The van der Waals surface area contributed by atoms with Crippen LogP contribution in [0.2, 0.25) is 0 Å². The molecule has 1 aromatic rings. The summed E-state index contributed by atoms with van der Waals surface area (Å²) in [5.41, 5.74) is 3.31. The molecule has 5 heteroatoms. The van der Waals surface area contributed by atoms with E-state index in [-0.39, 0.29) is 53.9 Å². The maximum atomic E-state index is 12.7. The van der Waals surface area contributed by atoms with Crippen molar-refractivity contribution >= 4 is 11.5 Å². The molecule has 1 rings (SSSR count). The number of carbonyl (C=O) groups is 1. The van der Waals surface area contributed by atoms with E-state index in [4.69, 9.17) is 5.21 Å². The van der Waals surface area contributed by atoms with E-state index in [1.54, 1.807) is 12.1 Å². The van der Waals surface area contributed by atoms with Crippen LogP contribution in [0.3, 0.4) is 0 Å². The quantitative estimate of drug-likeness (QED) is 0.511. The van der Waals surface area contributed by atoms with Crippen molar-refractivity contribution in [2.45, 2.75) is 59.5 Å². The third-order valence-corrected chi connectivity index (χ3v) is 3.19. The van der Waals surface area contributed by atoms with Crippen molar-refractivity contribution in [1.82, 2.24) is 5.32 Å². The van der Waals surface area contributed by atoms with E-state index in [1.807, 2.05) is 32.9 Å². The molecule has 0 aliphatic carbocycles. The number of nitrogens with one attached hydrogen (secondary N) is 2. The van der Waals surface area contributed by atoms with Gasteiger partial charge in [0.25, 0.3) is 0 Å². The second-order valence-electron chi connectivity index (χ2n) is 7.57. The minimum Gasteiger partial charge on any atom is -0.302 e. The number of carbonyl (C=O) groups excluding carboxylic acids is 1. The minimum atomic E-state index is -0.379. The predicted molar refractivity (Wildman–Crippen MR) is 86.7 cm³/mol. The Bertz CT molecular complexity index is 473. The summed E-state index contributed by atoms with van der Waals surface area (Å²) in [7, 11) is 0. The molecule has 122 valence electrons. The number of ketones is 1. The molecule has 22 heavy (non-hydrogen) atoms. The molecule has 0 radical (unpaired) electrons. The molecule has 0 heterocycles. The zero-order chi connectivity index (χ0) is 16.3. The Labute approximate surface area is 157 Å². The fourth-order valence-corrected chi connectivity index (χ4v) is 2.21. The van der Waals surface area contributed by atoms with Crippen LogP contribution in [0.5, 0.6) is 0 Å². The van der Waals surface area contributed by atoms with Crippen LogP contribution in [0, 0.1) is 36.5 Å². The molecule has 0 aromatic heterocycles. The van der Waals surface area contributed by atoms with Crippen LogP contribution in [0.25, 0.3) is 0 Å². The summed E-state index contributed by atoms with van der Waals surface area (Å²) < 4.78 is 0.